The van der Waals surface area contributed by atoms with E-state index in [4.69, 9.17) is 5.11 Å². The molecule has 0 amide bonds. The second-order valence-corrected chi connectivity index (χ2v) is 6.00. The molecule has 0 fully saturated rings. The summed E-state index contributed by atoms with van der Waals surface area (Å²) < 4.78 is 22.7. The number of aromatic carboxylic acids is 1. The first kappa shape index (κ1) is 12.7. The topological polar surface area (TPSA) is 71.4 Å². The standard InChI is InChI=1S/C11H14O4S/c1-7(2)10-6-8(16(3,14)15)4-5-9(10)11(12)13/h4-7H,1-3H3,(H,12,13). The second kappa shape index (κ2) is 4.25. The molecule has 1 aromatic carbocycles. The van der Waals surface area contributed by atoms with Crippen LogP contribution in [0.2, 0.25) is 0 Å². The van der Waals surface area contributed by atoms with Crippen LogP contribution in [0.3, 0.4) is 0 Å². The van der Waals surface area contributed by atoms with Crippen molar-refractivity contribution in [2.24, 2.45) is 0 Å². The molecule has 88 valence electrons. The van der Waals surface area contributed by atoms with Gasteiger partial charge in [-0.3, -0.25) is 0 Å². The molecule has 0 unspecified atom stereocenters. The summed E-state index contributed by atoms with van der Waals surface area (Å²) in [4.78, 5) is 11.1. The third-order valence-electron chi connectivity index (χ3n) is 2.30. The zero-order chi connectivity index (χ0) is 12.5. The van der Waals surface area contributed by atoms with Crippen LogP contribution < -0.4 is 0 Å². The van der Waals surface area contributed by atoms with Crippen LogP contribution >= 0.6 is 0 Å². The quantitative estimate of drug-likeness (QED) is 0.878. The normalized spacial score (nSPS) is 11.8. The van der Waals surface area contributed by atoms with Gasteiger partial charge in [-0.1, -0.05) is 13.8 Å². The maximum atomic E-state index is 11.3. The van der Waals surface area contributed by atoms with E-state index in [1.165, 1.54) is 18.2 Å². The van der Waals surface area contributed by atoms with E-state index in [1.54, 1.807) is 0 Å². The smallest absolute Gasteiger partial charge is 0.335 e. The average molecular weight is 242 g/mol. The Labute approximate surface area is 94.8 Å². The molecule has 0 radical (unpaired) electrons. The molecule has 0 aromatic heterocycles. The van der Waals surface area contributed by atoms with Crippen molar-refractivity contribution in [1.82, 2.24) is 0 Å². The molecule has 0 aliphatic carbocycles. The Hall–Kier alpha value is -1.36. The van der Waals surface area contributed by atoms with E-state index in [0.717, 1.165) is 6.26 Å². The molecule has 4 nitrogen and oxygen atoms in total. The minimum Gasteiger partial charge on any atom is -0.478 e. The van der Waals surface area contributed by atoms with Gasteiger partial charge in [-0.05, 0) is 29.7 Å². The number of hydrogen-bond donors (Lipinski definition) is 1. The number of hydrogen-bond acceptors (Lipinski definition) is 3. The highest BCUT2D eigenvalue weighted by molar-refractivity contribution is 7.90. The molecule has 0 aliphatic rings. The molecule has 0 bridgehead atoms. The second-order valence-electron chi connectivity index (χ2n) is 3.98. The Bertz CT molecular complexity index is 515. The maximum Gasteiger partial charge on any atom is 0.335 e. The van der Waals surface area contributed by atoms with Crippen LogP contribution in [0, 0.1) is 0 Å². The van der Waals surface area contributed by atoms with E-state index in [9.17, 15) is 13.2 Å². The largest absolute Gasteiger partial charge is 0.478 e. The van der Waals surface area contributed by atoms with E-state index >= 15 is 0 Å². The lowest BCUT2D eigenvalue weighted by molar-refractivity contribution is 0.0695. The molecular weight excluding hydrogens is 228 g/mol. The van der Waals surface area contributed by atoms with Gasteiger partial charge in [0.2, 0.25) is 0 Å². The zero-order valence-electron chi connectivity index (χ0n) is 9.39. The van der Waals surface area contributed by atoms with Crippen LogP contribution in [0.4, 0.5) is 0 Å². The van der Waals surface area contributed by atoms with Gasteiger partial charge in [0.15, 0.2) is 9.84 Å². The van der Waals surface area contributed by atoms with Gasteiger partial charge in [-0.15, -0.1) is 0 Å². The van der Waals surface area contributed by atoms with E-state index in [1.807, 2.05) is 13.8 Å². The van der Waals surface area contributed by atoms with Crippen molar-refractivity contribution in [3.05, 3.63) is 29.3 Å². The molecule has 0 heterocycles. The van der Waals surface area contributed by atoms with Gasteiger partial charge in [0.1, 0.15) is 0 Å². The van der Waals surface area contributed by atoms with Gasteiger partial charge in [0.25, 0.3) is 0 Å². The van der Waals surface area contributed by atoms with Crippen molar-refractivity contribution >= 4 is 15.8 Å². The summed E-state index contributed by atoms with van der Waals surface area (Å²) in [6.45, 7) is 3.65. The average Bonchev–Trinajstić information content (AvgIpc) is 2.15. The van der Waals surface area contributed by atoms with E-state index < -0.39 is 15.8 Å². The Morgan fingerprint density at radius 2 is 1.88 bits per heavy atom. The minimum absolute atomic E-state index is 0.0344. The highest BCUT2D eigenvalue weighted by atomic mass is 32.2. The molecule has 5 heteroatoms. The summed E-state index contributed by atoms with van der Waals surface area (Å²) in [5.41, 5.74) is 0.692. The molecule has 0 atom stereocenters. The molecule has 1 rings (SSSR count). The number of rotatable bonds is 3. The van der Waals surface area contributed by atoms with Crippen LogP contribution in [0.25, 0.3) is 0 Å². The van der Waals surface area contributed by atoms with Crippen molar-refractivity contribution in [3.63, 3.8) is 0 Å². The third-order valence-corrected chi connectivity index (χ3v) is 3.41. The fourth-order valence-electron chi connectivity index (χ4n) is 1.44. The lowest BCUT2D eigenvalue weighted by Crippen LogP contribution is -2.06. The summed E-state index contributed by atoms with van der Waals surface area (Å²) >= 11 is 0. The first-order valence-corrected chi connectivity index (χ1v) is 6.70. The predicted octanol–water partition coefficient (Wildman–Crippen LogP) is 1.91. The zero-order valence-corrected chi connectivity index (χ0v) is 10.2. The Kier molecular flexibility index (Phi) is 3.38. The molecule has 0 spiro atoms. The van der Waals surface area contributed by atoms with Gasteiger partial charge >= 0.3 is 5.97 Å². The van der Waals surface area contributed by atoms with Crippen LogP contribution in [-0.2, 0) is 9.84 Å². The highest BCUT2D eigenvalue weighted by Gasteiger charge is 2.16. The summed E-state index contributed by atoms with van der Waals surface area (Å²) in [6.07, 6.45) is 1.10. The van der Waals surface area contributed by atoms with Crippen LogP contribution in [0.15, 0.2) is 23.1 Å². The summed E-state index contributed by atoms with van der Waals surface area (Å²) in [5, 5.41) is 8.96. The monoisotopic (exact) mass is 242 g/mol. The van der Waals surface area contributed by atoms with Crippen LogP contribution in [0.1, 0.15) is 35.7 Å². The molecule has 0 saturated heterocycles. The lowest BCUT2D eigenvalue weighted by Gasteiger charge is -2.11. The number of sulfone groups is 1. The molecule has 16 heavy (non-hydrogen) atoms. The van der Waals surface area contributed by atoms with Crippen molar-refractivity contribution in [1.29, 1.82) is 0 Å². The van der Waals surface area contributed by atoms with Gasteiger partial charge in [-0.25, -0.2) is 13.2 Å². The molecule has 0 saturated carbocycles. The lowest BCUT2D eigenvalue weighted by atomic mass is 9.97. The van der Waals surface area contributed by atoms with E-state index in [2.05, 4.69) is 0 Å². The van der Waals surface area contributed by atoms with Gasteiger partial charge in [-0.2, -0.15) is 0 Å². The SMILES string of the molecule is CC(C)c1cc(S(C)(=O)=O)ccc1C(=O)O. The summed E-state index contributed by atoms with van der Waals surface area (Å²) in [6, 6.07) is 4.10. The number of carboxylic acid groups (broad SMARTS) is 1. The number of carbonyl (C=O) groups is 1. The number of carboxylic acids is 1. The first-order valence-electron chi connectivity index (χ1n) is 4.80. The van der Waals surface area contributed by atoms with Crippen molar-refractivity contribution in [3.8, 4) is 0 Å². The fraction of sp³-hybridized carbons (Fsp3) is 0.364. The van der Waals surface area contributed by atoms with E-state index in [0.29, 0.717) is 5.56 Å². The van der Waals surface area contributed by atoms with Crippen molar-refractivity contribution in [2.75, 3.05) is 6.26 Å². The minimum atomic E-state index is -3.29. The fourth-order valence-corrected chi connectivity index (χ4v) is 2.10. The third kappa shape index (κ3) is 2.61. The van der Waals surface area contributed by atoms with Crippen LogP contribution in [-0.4, -0.2) is 25.7 Å². The van der Waals surface area contributed by atoms with Crippen molar-refractivity contribution in [2.45, 2.75) is 24.7 Å². The van der Waals surface area contributed by atoms with Gasteiger partial charge in [0, 0.05) is 6.26 Å². The summed E-state index contributed by atoms with van der Waals surface area (Å²) in [5.74, 6) is -1.07. The molecular formula is C11H14O4S. The Morgan fingerprint density at radius 3 is 2.25 bits per heavy atom. The Balaban J connectivity index is 3.46. The van der Waals surface area contributed by atoms with Crippen molar-refractivity contribution < 1.29 is 18.3 Å². The predicted molar refractivity (Wildman–Crippen MR) is 60.6 cm³/mol. The number of benzene rings is 1. The first-order chi connectivity index (χ1) is 7.23. The highest BCUT2D eigenvalue weighted by Crippen LogP contribution is 2.23. The summed E-state index contributed by atoms with van der Waals surface area (Å²) in [7, 11) is -3.29. The van der Waals surface area contributed by atoms with Gasteiger partial charge in [0.05, 0.1) is 10.5 Å². The molecule has 1 aromatic rings. The van der Waals surface area contributed by atoms with Crippen LogP contribution in [0.5, 0.6) is 0 Å². The Morgan fingerprint density at radius 1 is 1.31 bits per heavy atom. The van der Waals surface area contributed by atoms with Gasteiger partial charge < -0.3 is 5.11 Å². The maximum absolute atomic E-state index is 11.3. The molecule has 1 N–H and O–H groups in total. The van der Waals surface area contributed by atoms with E-state index in [-0.39, 0.29) is 16.4 Å². The molecule has 0 aliphatic heterocycles.